The van der Waals surface area contributed by atoms with Crippen LogP contribution in [0.2, 0.25) is 0 Å². The van der Waals surface area contributed by atoms with Crippen LogP contribution >= 0.6 is 0 Å². The lowest BCUT2D eigenvalue weighted by atomic mass is 9.94. The number of hydrogen-bond acceptors (Lipinski definition) is 6. The van der Waals surface area contributed by atoms with Crippen molar-refractivity contribution in [3.05, 3.63) is 84.5 Å². The normalized spacial score (nSPS) is 18.6. The molecule has 0 unspecified atom stereocenters. The molecule has 0 spiro atoms. The van der Waals surface area contributed by atoms with Crippen LogP contribution in [0.1, 0.15) is 91.2 Å². The number of amides is 4. The highest BCUT2D eigenvalue weighted by molar-refractivity contribution is 5.98. The molecule has 2 aromatic carbocycles. The first-order valence-electron chi connectivity index (χ1n) is 21.8. The van der Waals surface area contributed by atoms with Crippen molar-refractivity contribution >= 4 is 45.8 Å². The Bertz CT molecular complexity index is 2240. The molecule has 2 fully saturated rings. The number of nitrogens with zero attached hydrogens (tertiary/aromatic N) is 4. The summed E-state index contributed by atoms with van der Waals surface area (Å²) < 4.78 is 45.6. The van der Waals surface area contributed by atoms with E-state index in [-0.39, 0.29) is 48.4 Å². The van der Waals surface area contributed by atoms with Crippen LogP contribution in [-0.4, -0.2) is 91.4 Å². The van der Waals surface area contributed by atoms with E-state index in [2.05, 4.69) is 32.9 Å². The summed E-state index contributed by atoms with van der Waals surface area (Å²) in [4.78, 5) is 58.0. The van der Waals surface area contributed by atoms with E-state index in [9.17, 15) is 19.2 Å². The summed E-state index contributed by atoms with van der Waals surface area (Å²) in [6.07, 6.45) is 6.15. The predicted molar refractivity (Wildman–Crippen MR) is 236 cm³/mol. The van der Waals surface area contributed by atoms with Crippen molar-refractivity contribution < 1.29 is 37.4 Å². The molecule has 2 aromatic heterocycles. The van der Waals surface area contributed by atoms with Gasteiger partial charge in [0.2, 0.25) is 11.8 Å². The number of halogens is 2. The Morgan fingerprint density at radius 3 is 1.42 bits per heavy atom. The van der Waals surface area contributed by atoms with Crippen molar-refractivity contribution in [1.29, 1.82) is 0 Å². The van der Waals surface area contributed by atoms with Crippen LogP contribution in [-0.2, 0) is 45.0 Å². The average Bonchev–Trinajstić information content (AvgIpc) is 3.97. The van der Waals surface area contributed by atoms with Crippen LogP contribution in [0.4, 0.5) is 18.4 Å². The van der Waals surface area contributed by atoms with Gasteiger partial charge in [0.05, 0.1) is 22.4 Å². The lowest BCUT2D eigenvalue weighted by molar-refractivity contribution is -0.134. The van der Waals surface area contributed by atoms with Crippen molar-refractivity contribution in [2.75, 3.05) is 13.1 Å². The topological polar surface area (TPSA) is 127 Å². The maximum Gasteiger partial charge on any atom is 0.408 e. The van der Waals surface area contributed by atoms with E-state index in [0.29, 0.717) is 39.0 Å². The van der Waals surface area contributed by atoms with Gasteiger partial charge in [-0.2, -0.15) is 0 Å². The number of nitrogens with one attached hydrogen (secondary N) is 2. The molecule has 0 bridgehead atoms. The number of alkyl carbamates (subject to hydrolysis) is 2. The van der Waals surface area contributed by atoms with Crippen LogP contribution in [0.5, 0.6) is 0 Å². The smallest absolute Gasteiger partial charge is 0.408 e. The summed E-state index contributed by atoms with van der Waals surface area (Å²) in [6, 6.07) is 7.41. The molecule has 332 valence electrons. The Morgan fingerprint density at radius 2 is 1.06 bits per heavy atom. The third-order valence-corrected chi connectivity index (χ3v) is 12.0. The van der Waals surface area contributed by atoms with Crippen molar-refractivity contribution in [2.24, 2.45) is 0 Å². The highest BCUT2D eigenvalue weighted by Crippen LogP contribution is 2.45. The molecule has 2 N–H and O–H groups in total. The standard InChI is InChI=1S/C48H60F2N6O6/c1-9-13-37(51-45(59)61-47(3,4)5)43(57)53-21-11-15-31(53)27-35-33-19-17-29(49)25-39(33)55-23-24-56-40-26-30(50)18-20-34(40)36(42(56)41(35)55)28-32-16-12-22-54(32)44(58)38(14-10-2)52-46(60)62-48(6,7)8/h9-10,17-20,25-26,31-32,37-38H,1-2,11-16,21-24,27-28H2,3-8H3,(H,51,59)(H,52,60)/t31-,32-,37-,38-/m0/s1. The minimum Gasteiger partial charge on any atom is -0.444 e. The number of rotatable bonds is 12. The number of aryl methyl sites for hydroxylation is 2. The van der Waals surface area contributed by atoms with Crippen LogP contribution < -0.4 is 10.6 Å². The number of benzene rings is 2. The number of ether oxygens (including phenoxy) is 2. The van der Waals surface area contributed by atoms with Gasteiger partial charge < -0.3 is 39.0 Å². The lowest BCUT2D eigenvalue weighted by Gasteiger charge is -2.31. The average molecular weight is 855 g/mol. The summed E-state index contributed by atoms with van der Waals surface area (Å²) >= 11 is 0. The monoisotopic (exact) mass is 854 g/mol. The first-order chi connectivity index (χ1) is 29.4. The van der Waals surface area contributed by atoms with E-state index in [1.54, 1.807) is 78.0 Å². The fourth-order valence-corrected chi connectivity index (χ4v) is 9.63. The third kappa shape index (κ3) is 9.24. The van der Waals surface area contributed by atoms with Gasteiger partial charge in [-0.3, -0.25) is 9.59 Å². The molecule has 0 saturated carbocycles. The molecule has 0 aliphatic carbocycles. The molecule has 62 heavy (non-hydrogen) atoms. The van der Waals surface area contributed by atoms with E-state index < -0.39 is 35.5 Å². The predicted octanol–water partition coefficient (Wildman–Crippen LogP) is 8.56. The van der Waals surface area contributed by atoms with Crippen molar-refractivity contribution in [3.63, 3.8) is 0 Å². The molecule has 4 atom stereocenters. The molecule has 3 aliphatic rings. The summed E-state index contributed by atoms with van der Waals surface area (Å²) in [5.74, 6) is -1.20. The van der Waals surface area contributed by atoms with Gasteiger partial charge in [-0.15, -0.1) is 13.2 Å². The fourth-order valence-electron chi connectivity index (χ4n) is 9.63. The van der Waals surface area contributed by atoms with Crippen molar-refractivity contribution in [3.8, 4) is 11.4 Å². The Hall–Kier alpha value is -5.66. The first-order valence-corrected chi connectivity index (χ1v) is 21.8. The molecule has 7 rings (SSSR count). The van der Waals surface area contributed by atoms with E-state index in [1.165, 1.54) is 12.1 Å². The fraction of sp³-hybridized carbons (Fsp3) is 0.500. The minimum atomic E-state index is -0.872. The molecule has 5 heterocycles. The largest absolute Gasteiger partial charge is 0.444 e. The van der Waals surface area contributed by atoms with E-state index in [0.717, 1.165) is 70.0 Å². The Morgan fingerprint density at radius 1 is 0.677 bits per heavy atom. The number of likely N-dealkylation sites (tertiary alicyclic amines) is 2. The summed E-state index contributed by atoms with van der Waals surface area (Å²) in [7, 11) is 0. The molecular formula is C48H60F2N6O6. The second kappa shape index (κ2) is 17.6. The second-order valence-corrected chi connectivity index (χ2v) is 18.8. The van der Waals surface area contributed by atoms with Gasteiger partial charge in [0, 0.05) is 49.0 Å². The van der Waals surface area contributed by atoms with E-state index in [1.807, 2.05) is 9.80 Å². The number of carbonyl (C=O) groups excluding carboxylic acids is 4. The Kier molecular flexibility index (Phi) is 12.6. The van der Waals surface area contributed by atoms with Crippen LogP contribution in [0.15, 0.2) is 61.7 Å². The van der Waals surface area contributed by atoms with Gasteiger partial charge in [-0.05, 0) is 140 Å². The maximum absolute atomic E-state index is 15.2. The third-order valence-electron chi connectivity index (χ3n) is 12.0. The molecule has 4 amide bonds. The van der Waals surface area contributed by atoms with Gasteiger partial charge in [0.25, 0.3) is 0 Å². The highest BCUT2D eigenvalue weighted by atomic mass is 19.1. The summed E-state index contributed by atoms with van der Waals surface area (Å²) in [6.45, 7) is 20.3. The lowest BCUT2D eigenvalue weighted by Crippen LogP contribution is -2.51. The zero-order valence-corrected chi connectivity index (χ0v) is 36.8. The maximum atomic E-state index is 15.2. The molecule has 2 saturated heterocycles. The highest BCUT2D eigenvalue weighted by Gasteiger charge is 2.39. The molecule has 4 aromatic rings. The van der Waals surface area contributed by atoms with Gasteiger partial charge in [-0.25, -0.2) is 18.4 Å². The van der Waals surface area contributed by atoms with Crippen molar-refractivity contribution in [1.82, 2.24) is 29.6 Å². The summed E-state index contributed by atoms with van der Waals surface area (Å²) in [5, 5.41) is 7.27. The van der Waals surface area contributed by atoms with Crippen LogP contribution in [0, 0.1) is 11.6 Å². The molecule has 3 aliphatic heterocycles. The van der Waals surface area contributed by atoms with Gasteiger partial charge in [-0.1, -0.05) is 12.2 Å². The molecule has 14 heteroatoms. The van der Waals surface area contributed by atoms with Crippen LogP contribution in [0.3, 0.4) is 0 Å². The number of hydrogen-bond donors (Lipinski definition) is 2. The summed E-state index contributed by atoms with van der Waals surface area (Å²) in [5.41, 5.74) is 3.62. The van der Waals surface area contributed by atoms with E-state index >= 15 is 8.78 Å². The number of fused-ring (bicyclic) bond motifs is 7. The van der Waals surface area contributed by atoms with E-state index in [4.69, 9.17) is 9.47 Å². The first kappa shape index (κ1) is 44.4. The SMILES string of the molecule is C=CC[C@H](NC(=O)OC(C)(C)C)C(=O)N1CCC[C@H]1Cc1c2n(c3cc(F)ccc13)CCn1c-2c(C[C@@H]2CCCN2C(=O)[C@H](CC=C)NC(=O)OC(C)(C)C)c2ccc(F)cc21. The van der Waals surface area contributed by atoms with Gasteiger partial charge in [0.15, 0.2) is 0 Å². The molecule has 0 radical (unpaired) electrons. The Labute approximate surface area is 362 Å². The van der Waals surface area contributed by atoms with Crippen molar-refractivity contribution in [2.45, 2.75) is 141 Å². The quantitative estimate of drug-likeness (QED) is 0.138. The zero-order chi connectivity index (χ0) is 44.7. The molecular weight excluding hydrogens is 795 g/mol. The van der Waals surface area contributed by atoms with Gasteiger partial charge >= 0.3 is 12.2 Å². The number of carbonyl (C=O) groups is 4. The minimum absolute atomic E-state index is 0.219. The van der Waals surface area contributed by atoms with Crippen LogP contribution in [0.25, 0.3) is 33.2 Å². The second-order valence-electron chi connectivity index (χ2n) is 18.8. The van der Waals surface area contributed by atoms with Gasteiger partial charge in [0.1, 0.15) is 34.9 Å². The molecule has 12 nitrogen and oxygen atoms in total. The Balaban J connectivity index is 1.28. The zero-order valence-electron chi connectivity index (χ0n) is 36.8. The number of aromatic nitrogens is 2.